The maximum absolute atomic E-state index is 13.9. The summed E-state index contributed by atoms with van der Waals surface area (Å²) in [6.45, 7) is 5.03. The Morgan fingerprint density at radius 1 is 1.33 bits per heavy atom. The van der Waals surface area contributed by atoms with E-state index in [9.17, 15) is 14.0 Å². The molecular weight excluding hydrogens is 401 g/mol. The van der Waals surface area contributed by atoms with Gasteiger partial charge in [-0.25, -0.2) is 4.39 Å². The standard InChI is InChI=1S/C23H30FN3O2S/c1-2-27-11-5-7-17(27)14-25-22(28)16-9-10-20-19(12-16)26-23(29)21(30-20)13-15-6-3-4-8-18(15)24/h3-4,6,8,13,16-17,19-20H,2,5,7,9-12,14H2,1H3,(H,25,28)(H,26,29)/b21-13+. The summed E-state index contributed by atoms with van der Waals surface area (Å²) in [5, 5.41) is 6.46. The molecule has 2 heterocycles. The van der Waals surface area contributed by atoms with E-state index in [0.29, 0.717) is 29.5 Å². The summed E-state index contributed by atoms with van der Waals surface area (Å²) in [5.74, 6) is -0.441. The maximum atomic E-state index is 13.9. The Kier molecular flexibility index (Phi) is 6.78. The quantitative estimate of drug-likeness (QED) is 0.703. The number of rotatable bonds is 5. The summed E-state index contributed by atoms with van der Waals surface area (Å²) >= 11 is 1.52. The molecule has 1 aromatic rings. The summed E-state index contributed by atoms with van der Waals surface area (Å²) in [5.41, 5.74) is 0.426. The number of amides is 2. The number of carbonyl (C=O) groups excluding carboxylic acids is 2. The van der Waals surface area contributed by atoms with E-state index in [1.807, 2.05) is 0 Å². The van der Waals surface area contributed by atoms with E-state index >= 15 is 0 Å². The van der Waals surface area contributed by atoms with Crippen LogP contribution in [0.4, 0.5) is 4.39 Å². The molecule has 30 heavy (non-hydrogen) atoms. The van der Waals surface area contributed by atoms with E-state index in [-0.39, 0.29) is 34.8 Å². The molecule has 2 N–H and O–H groups in total. The lowest BCUT2D eigenvalue weighted by molar-refractivity contribution is -0.127. The molecule has 1 aromatic carbocycles. The maximum Gasteiger partial charge on any atom is 0.257 e. The second kappa shape index (κ2) is 9.52. The Morgan fingerprint density at radius 3 is 2.97 bits per heavy atom. The van der Waals surface area contributed by atoms with Gasteiger partial charge < -0.3 is 10.6 Å². The lowest BCUT2D eigenvalue weighted by Gasteiger charge is -2.39. The predicted molar refractivity (Wildman–Crippen MR) is 118 cm³/mol. The van der Waals surface area contributed by atoms with E-state index in [0.717, 1.165) is 32.4 Å². The number of nitrogens with zero attached hydrogens (tertiary/aromatic N) is 1. The zero-order chi connectivity index (χ0) is 21.1. The molecular formula is C23H30FN3O2S. The highest BCUT2D eigenvalue weighted by atomic mass is 32.2. The van der Waals surface area contributed by atoms with Gasteiger partial charge in [0.25, 0.3) is 5.91 Å². The van der Waals surface area contributed by atoms with Gasteiger partial charge >= 0.3 is 0 Å². The van der Waals surface area contributed by atoms with Crippen molar-refractivity contribution in [2.45, 2.75) is 56.4 Å². The van der Waals surface area contributed by atoms with Gasteiger partial charge in [0.1, 0.15) is 5.82 Å². The fourth-order valence-corrected chi connectivity index (χ4v) is 6.15. The number of benzene rings is 1. The third-order valence-electron chi connectivity index (χ3n) is 6.59. The van der Waals surface area contributed by atoms with Crippen molar-refractivity contribution in [1.82, 2.24) is 15.5 Å². The number of halogens is 1. The van der Waals surface area contributed by atoms with Crippen LogP contribution in [0.3, 0.4) is 0 Å². The fourth-order valence-electron chi connectivity index (χ4n) is 4.87. The van der Waals surface area contributed by atoms with E-state index in [4.69, 9.17) is 0 Å². The van der Waals surface area contributed by atoms with Crippen molar-refractivity contribution in [3.8, 4) is 0 Å². The van der Waals surface area contributed by atoms with E-state index in [1.54, 1.807) is 24.3 Å². The van der Waals surface area contributed by atoms with Crippen molar-refractivity contribution >= 4 is 29.7 Å². The lowest BCUT2D eigenvalue weighted by atomic mass is 9.84. The minimum absolute atomic E-state index is 0.0107. The molecule has 4 unspecified atom stereocenters. The van der Waals surface area contributed by atoms with Crippen LogP contribution >= 0.6 is 11.8 Å². The molecule has 5 nitrogen and oxygen atoms in total. The molecule has 7 heteroatoms. The summed E-state index contributed by atoms with van der Waals surface area (Å²) in [6, 6.07) is 6.91. The number of thioether (sulfide) groups is 1. The van der Waals surface area contributed by atoms with Crippen molar-refractivity contribution in [1.29, 1.82) is 0 Å². The summed E-state index contributed by atoms with van der Waals surface area (Å²) in [4.78, 5) is 28.3. The van der Waals surface area contributed by atoms with Crippen LogP contribution in [0.5, 0.6) is 0 Å². The molecule has 0 radical (unpaired) electrons. The number of hydrogen-bond donors (Lipinski definition) is 2. The molecule has 0 aromatic heterocycles. The Labute approximate surface area is 181 Å². The van der Waals surface area contributed by atoms with Crippen LogP contribution in [0.15, 0.2) is 29.2 Å². The summed E-state index contributed by atoms with van der Waals surface area (Å²) in [7, 11) is 0. The first kappa shape index (κ1) is 21.4. The van der Waals surface area contributed by atoms with Gasteiger partial charge in [-0.3, -0.25) is 14.5 Å². The number of hydrogen-bond acceptors (Lipinski definition) is 4. The zero-order valence-corrected chi connectivity index (χ0v) is 18.2. The lowest BCUT2D eigenvalue weighted by Crippen LogP contribution is -2.52. The second-order valence-electron chi connectivity index (χ2n) is 8.45. The summed E-state index contributed by atoms with van der Waals surface area (Å²) in [6.07, 6.45) is 6.34. The van der Waals surface area contributed by atoms with E-state index in [1.165, 1.54) is 24.2 Å². The van der Waals surface area contributed by atoms with Crippen LogP contribution in [0.1, 0.15) is 44.6 Å². The molecule has 0 bridgehead atoms. The van der Waals surface area contributed by atoms with Crippen LogP contribution in [0.2, 0.25) is 0 Å². The number of likely N-dealkylation sites (N-methyl/N-ethyl adjacent to an activating group) is 1. The highest BCUT2D eigenvalue weighted by Gasteiger charge is 2.39. The number of nitrogens with one attached hydrogen (secondary N) is 2. The van der Waals surface area contributed by atoms with Crippen molar-refractivity contribution in [2.75, 3.05) is 19.6 Å². The van der Waals surface area contributed by atoms with Gasteiger partial charge in [-0.1, -0.05) is 25.1 Å². The molecule has 3 aliphatic rings. The first-order valence-corrected chi connectivity index (χ1v) is 11.9. The minimum atomic E-state index is -0.329. The largest absolute Gasteiger partial charge is 0.354 e. The average Bonchev–Trinajstić information content (AvgIpc) is 3.21. The minimum Gasteiger partial charge on any atom is -0.354 e. The zero-order valence-electron chi connectivity index (χ0n) is 17.4. The Morgan fingerprint density at radius 2 is 2.17 bits per heavy atom. The van der Waals surface area contributed by atoms with Crippen LogP contribution in [0, 0.1) is 11.7 Å². The van der Waals surface area contributed by atoms with Crippen molar-refractivity contribution in [3.63, 3.8) is 0 Å². The van der Waals surface area contributed by atoms with Gasteiger partial charge in [-0.05, 0) is 57.3 Å². The smallest absolute Gasteiger partial charge is 0.257 e. The topological polar surface area (TPSA) is 61.4 Å². The van der Waals surface area contributed by atoms with Crippen LogP contribution in [-0.4, -0.2) is 53.7 Å². The molecule has 1 saturated carbocycles. The van der Waals surface area contributed by atoms with E-state index in [2.05, 4.69) is 22.5 Å². The first-order valence-electron chi connectivity index (χ1n) is 11.0. The Balaban J connectivity index is 1.33. The highest BCUT2D eigenvalue weighted by molar-refractivity contribution is 8.04. The third-order valence-corrected chi connectivity index (χ3v) is 8.01. The molecule has 3 fully saturated rings. The SMILES string of the molecule is CCN1CCCC1CNC(=O)C1CCC2S/C(=C/c3ccccc3F)C(=O)NC2C1. The van der Waals surface area contributed by atoms with Crippen LogP contribution < -0.4 is 10.6 Å². The third kappa shape index (κ3) is 4.72. The van der Waals surface area contributed by atoms with Gasteiger partial charge in [-0.15, -0.1) is 11.8 Å². The molecule has 0 spiro atoms. The van der Waals surface area contributed by atoms with Crippen molar-refractivity contribution < 1.29 is 14.0 Å². The molecule has 4 atom stereocenters. The fraction of sp³-hybridized carbons (Fsp3) is 0.565. The predicted octanol–water partition coefficient (Wildman–Crippen LogP) is 3.17. The normalized spacial score (nSPS) is 30.7. The van der Waals surface area contributed by atoms with Gasteiger partial charge in [0.2, 0.25) is 5.91 Å². The van der Waals surface area contributed by atoms with Crippen LogP contribution in [-0.2, 0) is 9.59 Å². The number of fused-ring (bicyclic) bond motifs is 1. The van der Waals surface area contributed by atoms with Gasteiger partial charge in [0.05, 0.1) is 4.91 Å². The van der Waals surface area contributed by atoms with Gasteiger partial charge in [0, 0.05) is 35.4 Å². The molecule has 2 saturated heterocycles. The molecule has 1 aliphatic carbocycles. The Bertz CT molecular complexity index is 830. The molecule has 2 aliphatic heterocycles. The molecule has 2 amide bonds. The molecule has 162 valence electrons. The monoisotopic (exact) mass is 431 g/mol. The average molecular weight is 432 g/mol. The first-order chi connectivity index (χ1) is 14.5. The van der Waals surface area contributed by atoms with Crippen molar-refractivity contribution in [3.05, 3.63) is 40.6 Å². The van der Waals surface area contributed by atoms with E-state index < -0.39 is 0 Å². The second-order valence-corrected chi connectivity index (χ2v) is 9.73. The van der Waals surface area contributed by atoms with Crippen molar-refractivity contribution in [2.24, 2.45) is 5.92 Å². The number of carbonyl (C=O) groups is 2. The van der Waals surface area contributed by atoms with Gasteiger partial charge in [-0.2, -0.15) is 0 Å². The highest BCUT2D eigenvalue weighted by Crippen LogP contribution is 2.40. The number of likely N-dealkylation sites (tertiary alicyclic amines) is 1. The molecule has 4 rings (SSSR count). The van der Waals surface area contributed by atoms with Crippen LogP contribution in [0.25, 0.3) is 6.08 Å². The summed E-state index contributed by atoms with van der Waals surface area (Å²) < 4.78 is 13.9. The van der Waals surface area contributed by atoms with Gasteiger partial charge in [0.15, 0.2) is 0 Å². The Hall–Kier alpha value is -1.86.